The number of nitrogens with one attached hydrogen (secondary N) is 14. The molecule has 0 radical (unpaired) electrons. The fourth-order valence-electron chi connectivity index (χ4n) is 10.5. The maximum atomic E-state index is 14.5. The Bertz CT molecular complexity index is 2910. The number of carboxylic acids is 1. The summed E-state index contributed by atoms with van der Waals surface area (Å²) < 4.78 is 0. The van der Waals surface area contributed by atoms with Crippen molar-refractivity contribution in [1.82, 2.24) is 68.7 Å². The number of likely N-dealkylation sites (tertiary alicyclic amines) is 1. The predicted octanol–water partition coefficient (Wildman–Crippen LogP) is -5.37. The molecule has 26 N–H and O–H groups in total. The molecule has 1 aliphatic rings. The minimum absolute atomic E-state index is 0.0000223. The van der Waals surface area contributed by atoms with Gasteiger partial charge in [0.05, 0.1) is 19.1 Å². The first kappa shape index (κ1) is 86.0. The third-order valence-electron chi connectivity index (χ3n) is 15.5. The lowest BCUT2D eigenvalue weighted by molar-refractivity contribution is -0.144. The minimum atomic E-state index is -2.01. The lowest BCUT2D eigenvalue weighted by Crippen LogP contribution is -2.62. The van der Waals surface area contributed by atoms with E-state index in [1.807, 2.05) is 13.8 Å². The van der Waals surface area contributed by atoms with Gasteiger partial charge in [-0.3, -0.25) is 73.1 Å². The Balaban J connectivity index is 2.46. The molecule has 1 aliphatic heterocycles. The number of unbranched alkanes of at least 4 members (excludes halogenated alkanes) is 1. The van der Waals surface area contributed by atoms with Gasteiger partial charge in [-0.15, -0.1) is 0 Å². The molecule has 36 nitrogen and oxygen atoms in total. The number of nitrogens with two attached hydrogens (primary N) is 4. The molecule has 2 rings (SSSR count). The molecule has 0 bridgehead atoms. The highest BCUT2D eigenvalue weighted by Gasteiger charge is 2.42. The number of phenolic OH excluding ortho intramolecular Hbond substituents is 1. The molecule has 99 heavy (non-hydrogen) atoms. The Morgan fingerprint density at radius 3 is 1.48 bits per heavy atom. The first-order valence-electron chi connectivity index (χ1n) is 32.9. The van der Waals surface area contributed by atoms with E-state index in [2.05, 4.69) is 63.8 Å². The molecule has 1 aromatic carbocycles. The van der Waals surface area contributed by atoms with Gasteiger partial charge in [-0.05, 0) is 132 Å². The van der Waals surface area contributed by atoms with Crippen LogP contribution in [-0.4, -0.2) is 231 Å². The summed E-state index contributed by atoms with van der Waals surface area (Å²) in [5, 5.41) is 86.6. The third-order valence-corrected chi connectivity index (χ3v) is 16.2. The van der Waals surface area contributed by atoms with Gasteiger partial charge in [0.15, 0.2) is 11.9 Å². The fraction of sp³-hybridized carbons (Fsp3) is 0.661. The number of aliphatic hydroxyl groups is 2. The van der Waals surface area contributed by atoms with Crippen LogP contribution in [0.5, 0.6) is 5.75 Å². The topological polar surface area (TPSA) is 602 Å². The summed E-state index contributed by atoms with van der Waals surface area (Å²) in [6.07, 6.45) is -0.419. The van der Waals surface area contributed by atoms with E-state index in [1.54, 1.807) is 20.1 Å². The van der Waals surface area contributed by atoms with Gasteiger partial charge in [0.2, 0.25) is 70.9 Å². The molecule has 0 unspecified atom stereocenters. The highest BCUT2D eigenvalue weighted by molar-refractivity contribution is 7.98. The molecule has 556 valence electrons. The number of carbonyl (C=O) groups excluding carboxylic acids is 12. The van der Waals surface area contributed by atoms with Gasteiger partial charge >= 0.3 is 5.97 Å². The molecule has 12 atom stereocenters. The second-order valence-electron chi connectivity index (χ2n) is 25.0. The minimum Gasteiger partial charge on any atom is -0.508 e. The molecule has 1 heterocycles. The predicted molar refractivity (Wildman–Crippen MR) is 365 cm³/mol. The van der Waals surface area contributed by atoms with Crippen LogP contribution >= 0.6 is 11.8 Å². The number of aliphatic hydroxyl groups excluding tert-OH is 2. The molecule has 1 aromatic rings. The van der Waals surface area contributed by atoms with E-state index in [-0.39, 0.29) is 138 Å². The summed E-state index contributed by atoms with van der Waals surface area (Å²) in [6.45, 7) is 8.83. The molecule has 12 amide bonds. The van der Waals surface area contributed by atoms with E-state index in [9.17, 15) is 82.8 Å². The number of aromatic hydroxyl groups is 1. The molecular formula is C62H105N19O17S. The quantitative estimate of drug-likeness (QED) is 0.0165. The van der Waals surface area contributed by atoms with Gasteiger partial charge < -0.3 is 112 Å². The van der Waals surface area contributed by atoms with Crippen molar-refractivity contribution < 1.29 is 82.8 Å². The van der Waals surface area contributed by atoms with Crippen molar-refractivity contribution in [2.24, 2.45) is 34.8 Å². The number of amides is 12. The average molecular weight is 1420 g/mol. The van der Waals surface area contributed by atoms with Crippen molar-refractivity contribution in [2.75, 3.05) is 44.8 Å². The van der Waals surface area contributed by atoms with Crippen molar-refractivity contribution in [3.63, 3.8) is 0 Å². The van der Waals surface area contributed by atoms with E-state index in [0.29, 0.717) is 12.0 Å². The molecule has 1 fully saturated rings. The Morgan fingerprint density at radius 2 is 1.02 bits per heavy atom. The van der Waals surface area contributed by atoms with Gasteiger partial charge in [0.1, 0.15) is 72.2 Å². The number of phenols is 1. The molecule has 0 saturated carbocycles. The second-order valence-corrected chi connectivity index (χ2v) is 26.0. The number of aliphatic carboxylic acids is 1. The van der Waals surface area contributed by atoms with Crippen LogP contribution in [0.15, 0.2) is 24.3 Å². The smallest absolute Gasteiger partial charge is 0.305 e. The Hall–Kier alpha value is -9.10. The zero-order valence-electron chi connectivity index (χ0n) is 57.3. The maximum absolute atomic E-state index is 14.5. The van der Waals surface area contributed by atoms with Gasteiger partial charge in [-0.1, -0.05) is 39.8 Å². The summed E-state index contributed by atoms with van der Waals surface area (Å²) in [5.74, 6) is -13.4. The number of rotatable bonds is 46. The second kappa shape index (κ2) is 44.7. The zero-order chi connectivity index (χ0) is 74.6. The van der Waals surface area contributed by atoms with Crippen LogP contribution in [0.1, 0.15) is 131 Å². The molecular weight excluding hydrogens is 1310 g/mol. The number of carboxylic acid groups (broad SMARTS) is 1. The summed E-state index contributed by atoms with van der Waals surface area (Å²) in [5.41, 5.74) is 22.6. The number of thioether (sulfide) groups is 1. The maximum Gasteiger partial charge on any atom is 0.305 e. The standard InChI is InChI=1S/C62H105N19O17S/c1-32(2)27-42(50(64)88)76-51(89)39(14-10-23-69-61(65)66)74-55(93)44(29-36-17-19-37(85)20-18-36)77-52(90)38(13-8-9-22-63)72-56(94)45(30-48(86)87)78-59(97)49(34(5)83)80-58(96)47-16-12-25-81(47)60(98)41(21-26-99-7)75-57(95)46(31-82)79-53(91)40(15-11-24-70-62(67)68)73-54(92)43(28-33(3)4)71-35(6)84/h17-20,32-34,38-47,49,82-83,85H,8-16,21-31,63H2,1-7H3,(H2,64,88)(H,71,84)(H,72,94)(H,73,92)(H,74,93)(H,75,95)(H,76,89)(H,77,90)(H,78,97)(H,79,91)(H,80,96)(H,86,87)(H4,65,66,69)(H4,67,68,70)/t34-,38+,39+,40+,41+,42+,43+,44+,45+,46+,47+,49+/m1/s1. The van der Waals surface area contributed by atoms with Gasteiger partial charge in [0.25, 0.3) is 0 Å². The molecule has 0 spiro atoms. The van der Waals surface area contributed by atoms with Crippen molar-refractivity contribution in [2.45, 2.75) is 204 Å². The van der Waals surface area contributed by atoms with E-state index in [1.165, 1.54) is 43.0 Å². The lowest BCUT2D eigenvalue weighted by Gasteiger charge is -2.31. The normalized spacial score (nSPS) is 16.0. The first-order valence-corrected chi connectivity index (χ1v) is 34.3. The number of guanidine groups is 2. The number of primary amides is 1. The summed E-state index contributed by atoms with van der Waals surface area (Å²) in [4.78, 5) is 179. The highest BCUT2D eigenvalue weighted by atomic mass is 32.2. The number of nitrogens with zero attached hydrogens (tertiary/aromatic N) is 1. The van der Waals surface area contributed by atoms with Crippen LogP contribution in [0.3, 0.4) is 0 Å². The monoisotopic (exact) mass is 1420 g/mol. The van der Waals surface area contributed by atoms with E-state index >= 15 is 0 Å². The first-order chi connectivity index (χ1) is 46.6. The van der Waals surface area contributed by atoms with Crippen LogP contribution < -0.4 is 86.7 Å². The number of hydrogen-bond donors (Lipinski definition) is 22. The van der Waals surface area contributed by atoms with Crippen LogP contribution in [0, 0.1) is 22.7 Å². The SMILES string of the molecule is CSCC[C@H](NC(=O)[C@H](CO)NC(=O)[C@H](CCCNC(=N)N)NC(=O)[C@H](CC(C)C)NC(C)=O)C(=O)N1CCC[C@H]1C(=O)N[C@H](C(=O)N[C@@H](CC(=O)O)C(=O)N[C@@H](CCCCN)C(=O)N[C@@H](Cc1ccc(O)cc1)C(=O)N[C@@H](CCCNC(=N)N)C(=O)N[C@@H](CC(C)C)C(N)=O)[C@@H](C)O. The Labute approximate surface area is 579 Å². The van der Waals surface area contributed by atoms with Gasteiger partial charge in [-0.25, -0.2) is 0 Å². The highest BCUT2D eigenvalue weighted by Crippen LogP contribution is 2.21. The van der Waals surface area contributed by atoms with Crippen molar-refractivity contribution >= 4 is 101 Å². The molecule has 1 saturated heterocycles. The lowest BCUT2D eigenvalue weighted by atomic mass is 10.0. The largest absolute Gasteiger partial charge is 0.508 e. The van der Waals surface area contributed by atoms with Crippen molar-refractivity contribution in [1.29, 1.82) is 10.8 Å². The molecule has 37 heteroatoms. The van der Waals surface area contributed by atoms with E-state index in [0.717, 1.165) is 11.8 Å². The van der Waals surface area contributed by atoms with Crippen LogP contribution in [0.25, 0.3) is 0 Å². The van der Waals surface area contributed by atoms with Gasteiger partial charge in [-0.2, -0.15) is 11.8 Å². The molecule has 0 aliphatic carbocycles. The Morgan fingerprint density at radius 1 is 0.576 bits per heavy atom. The summed E-state index contributed by atoms with van der Waals surface area (Å²) in [6, 6.07) is -10.9. The third kappa shape index (κ3) is 32.4. The summed E-state index contributed by atoms with van der Waals surface area (Å²) in [7, 11) is 0. The average Bonchev–Trinajstić information content (AvgIpc) is 1.76. The van der Waals surface area contributed by atoms with Crippen molar-refractivity contribution in [3.05, 3.63) is 29.8 Å². The van der Waals surface area contributed by atoms with Crippen molar-refractivity contribution in [3.8, 4) is 5.75 Å². The summed E-state index contributed by atoms with van der Waals surface area (Å²) >= 11 is 1.30. The number of hydrogen-bond acceptors (Lipinski definition) is 20. The van der Waals surface area contributed by atoms with E-state index < -0.39 is 162 Å². The van der Waals surface area contributed by atoms with E-state index in [4.69, 9.17) is 33.8 Å². The fourth-order valence-corrected chi connectivity index (χ4v) is 11.0. The molecule has 0 aromatic heterocycles. The zero-order valence-corrected chi connectivity index (χ0v) is 58.1. The number of carbonyl (C=O) groups is 13. The number of benzene rings is 1. The van der Waals surface area contributed by atoms with Crippen LogP contribution in [-0.2, 0) is 68.7 Å². The Kier molecular flexibility index (Phi) is 38.9. The van der Waals surface area contributed by atoms with Crippen LogP contribution in [0.2, 0.25) is 0 Å². The van der Waals surface area contributed by atoms with Crippen LogP contribution in [0.4, 0.5) is 0 Å². The van der Waals surface area contributed by atoms with Gasteiger partial charge in [0, 0.05) is 33.0 Å².